The molecular formula is C15H14F3NOS. The van der Waals surface area contributed by atoms with E-state index in [0.717, 1.165) is 28.5 Å². The molecule has 0 radical (unpaired) electrons. The summed E-state index contributed by atoms with van der Waals surface area (Å²) >= 11 is 4.24. The normalized spacial score (nSPS) is 13.1. The lowest BCUT2D eigenvalue weighted by Gasteiger charge is -2.17. The maximum Gasteiger partial charge on any atom is 0.417 e. The van der Waals surface area contributed by atoms with Gasteiger partial charge in [-0.1, -0.05) is 30.3 Å². The number of pyridine rings is 1. The van der Waals surface area contributed by atoms with Crippen LogP contribution in [0.15, 0.2) is 53.5 Å². The Morgan fingerprint density at radius 1 is 1.10 bits per heavy atom. The van der Waals surface area contributed by atoms with Gasteiger partial charge in [0, 0.05) is 24.7 Å². The van der Waals surface area contributed by atoms with Crippen molar-refractivity contribution in [1.29, 1.82) is 0 Å². The molecule has 1 atom stereocenters. The number of alkyl halides is 3. The van der Waals surface area contributed by atoms with E-state index < -0.39 is 17.3 Å². The SMILES string of the molecule is O=c1ccc(C(F)(F)F)cn1CC(CS)c1ccccc1. The fourth-order valence-corrected chi connectivity index (χ4v) is 2.40. The number of hydrogen-bond donors (Lipinski definition) is 1. The van der Waals surface area contributed by atoms with E-state index >= 15 is 0 Å². The van der Waals surface area contributed by atoms with E-state index in [1.807, 2.05) is 30.3 Å². The van der Waals surface area contributed by atoms with Crippen molar-refractivity contribution in [1.82, 2.24) is 4.57 Å². The van der Waals surface area contributed by atoms with E-state index in [0.29, 0.717) is 5.75 Å². The Bertz CT molecular complexity index is 652. The molecule has 0 amide bonds. The van der Waals surface area contributed by atoms with Gasteiger partial charge in [0.15, 0.2) is 0 Å². The van der Waals surface area contributed by atoms with Gasteiger partial charge in [-0.15, -0.1) is 0 Å². The fourth-order valence-electron chi connectivity index (χ4n) is 2.07. The topological polar surface area (TPSA) is 22.0 Å². The van der Waals surface area contributed by atoms with Gasteiger partial charge in [0.25, 0.3) is 5.56 Å². The Kier molecular flexibility index (Phi) is 4.77. The first-order chi connectivity index (χ1) is 9.91. The minimum absolute atomic E-state index is 0.129. The van der Waals surface area contributed by atoms with Gasteiger partial charge in [0.1, 0.15) is 0 Å². The first kappa shape index (κ1) is 15.7. The molecule has 21 heavy (non-hydrogen) atoms. The third-order valence-electron chi connectivity index (χ3n) is 3.22. The second-order valence-corrected chi connectivity index (χ2v) is 5.06. The Balaban J connectivity index is 2.32. The maximum absolute atomic E-state index is 12.7. The number of nitrogens with zero attached hydrogens (tertiary/aromatic N) is 1. The predicted molar refractivity (Wildman–Crippen MR) is 78.7 cm³/mol. The standard InChI is InChI=1S/C15H14F3NOS/c16-15(17,18)13-6-7-14(20)19(9-13)8-12(10-21)11-4-2-1-3-5-11/h1-7,9,12,21H,8,10H2. The zero-order valence-corrected chi connectivity index (χ0v) is 11.9. The van der Waals surface area contributed by atoms with Gasteiger partial charge in [-0.3, -0.25) is 4.79 Å². The molecule has 6 heteroatoms. The second kappa shape index (κ2) is 6.39. The summed E-state index contributed by atoms with van der Waals surface area (Å²) in [6.45, 7) is 0.163. The Labute approximate surface area is 125 Å². The highest BCUT2D eigenvalue weighted by Crippen LogP contribution is 2.28. The van der Waals surface area contributed by atoms with Crippen molar-refractivity contribution < 1.29 is 13.2 Å². The molecule has 2 aromatic rings. The summed E-state index contributed by atoms with van der Waals surface area (Å²) in [7, 11) is 0. The van der Waals surface area contributed by atoms with Crippen molar-refractivity contribution in [3.8, 4) is 0 Å². The Morgan fingerprint density at radius 3 is 2.33 bits per heavy atom. The summed E-state index contributed by atoms with van der Waals surface area (Å²) in [5.41, 5.74) is -0.337. The summed E-state index contributed by atoms with van der Waals surface area (Å²) in [4.78, 5) is 11.8. The van der Waals surface area contributed by atoms with Crippen LogP contribution in [0.5, 0.6) is 0 Å². The van der Waals surface area contributed by atoms with E-state index in [2.05, 4.69) is 12.6 Å². The van der Waals surface area contributed by atoms with Gasteiger partial charge in [0.05, 0.1) is 5.56 Å². The molecule has 0 aliphatic rings. The quantitative estimate of drug-likeness (QED) is 0.856. The molecule has 0 spiro atoms. The van der Waals surface area contributed by atoms with Crippen molar-refractivity contribution in [3.05, 3.63) is 70.1 Å². The summed E-state index contributed by atoms with van der Waals surface area (Å²) in [6.07, 6.45) is -3.60. The highest BCUT2D eigenvalue weighted by atomic mass is 32.1. The molecule has 1 unspecified atom stereocenters. The van der Waals surface area contributed by atoms with Crippen LogP contribution >= 0.6 is 12.6 Å². The van der Waals surface area contributed by atoms with Crippen LogP contribution in [0.25, 0.3) is 0 Å². The van der Waals surface area contributed by atoms with Gasteiger partial charge < -0.3 is 4.57 Å². The molecule has 2 nitrogen and oxygen atoms in total. The van der Waals surface area contributed by atoms with Gasteiger partial charge in [0.2, 0.25) is 0 Å². The second-order valence-electron chi connectivity index (χ2n) is 4.70. The molecular weight excluding hydrogens is 299 g/mol. The molecule has 2 rings (SSSR count). The van der Waals surface area contributed by atoms with Crippen molar-refractivity contribution in [3.63, 3.8) is 0 Å². The third-order valence-corrected chi connectivity index (χ3v) is 3.66. The minimum Gasteiger partial charge on any atom is -0.314 e. The van der Waals surface area contributed by atoms with Crippen molar-refractivity contribution in [2.75, 3.05) is 5.75 Å². The molecule has 1 aromatic heterocycles. The van der Waals surface area contributed by atoms with E-state index in [4.69, 9.17) is 0 Å². The monoisotopic (exact) mass is 313 g/mol. The summed E-state index contributed by atoms with van der Waals surface area (Å²) < 4.78 is 39.2. The number of rotatable bonds is 4. The van der Waals surface area contributed by atoms with E-state index in [-0.39, 0.29) is 12.5 Å². The average Bonchev–Trinajstić information content (AvgIpc) is 2.46. The van der Waals surface area contributed by atoms with E-state index in [9.17, 15) is 18.0 Å². The number of halogens is 3. The molecule has 0 saturated carbocycles. The van der Waals surface area contributed by atoms with Crippen LogP contribution in [0, 0.1) is 0 Å². The predicted octanol–water partition coefficient (Wildman–Crippen LogP) is 3.58. The Hall–Kier alpha value is -1.69. The minimum atomic E-state index is -4.46. The zero-order valence-electron chi connectivity index (χ0n) is 11.0. The molecule has 1 heterocycles. The van der Waals surface area contributed by atoms with Crippen LogP contribution in [0.2, 0.25) is 0 Å². The van der Waals surface area contributed by atoms with Crippen LogP contribution < -0.4 is 5.56 Å². The third kappa shape index (κ3) is 3.91. The first-order valence-corrected chi connectivity index (χ1v) is 6.98. The van der Waals surface area contributed by atoms with Crippen LogP contribution in [0.1, 0.15) is 17.0 Å². The smallest absolute Gasteiger partial charge is 0.314 e. The van der Waals surface area contributed by atoms with Gasteiger partial charge in [-0.25, -0.2) is 0 Å². The summed E-state index contributed by atoms with van der Waals surface area (Å²) in [6, 6.07) is 11.1. The highest BCUT2D eigenvalue weighted by Gasteiger charge is 2.31. The zero-order chi connectivity index (χ0) is 15.5. The number of benzene rings is 1. The van der Waals surface area contributed by atoms with Crippen molar-refractivity contribution >= 4 is 12.6 Å². The molecule has 0 aliphatic carbocycles. The van der Waals surface area contributed by atoms with Crippen LogP contribution in [-0.4, -0.2) is 10.3 Å². The lowest BCUT2D eigenvalue weighted by molar-refractivity contribution is -0.138. The summed E-state index contributed by atoms with van der Waals surface area (Å²) in [5, 5.41) is 0. The fraction of sp³-hybridized carbons (Fsp3) is 0.267. The van der Waals surface area contributed by atoms with E-state index in [1.165, 1.54) is 0 Å². The number of aromatic nitrogens is 1. The summed E-state index contributed by atoms with van der Waals surface area (Å²) in [5.74, 6) is 0.308. The molecule has 1 aromatic carbocycles. The maximum atomic E-state index is 12.7. The van der Waals surface area contributed by atoms with Gasteiger partial charge in [-0.05, 0) is 17.4 Å². The van der Waals surface area contributed by atoms with Gasteiger partial charge in [-0.2, -0.15) is 25.8 Å². The molecule has 0 fully saturated rings. The van der Waals surface area contributed by atoms with E-state index in [1.54, 1.807) is 0 Å². The van der Waals surface area contributed by atoms with Crippen molar-refractivity contribution in [2.24, 2.45) is 0 Å². The Morgan fingerprint density at radius 2 is 1.76 bits per heavy atom. The van der Waals surface area contributed by atoms with Crippen LogP contribution in [0.4, 0.5) is 13.2 Å². The van der Waals surface area contributed by atoms with Crippen LogP contribution in [0.3, 0.4) is 0 Å². The number of hydrogen-bond acceptors (Lipinski definition) is 2. The molecule has 0 N–H and O–H groups in total. The molecule has 0 aliphatic heterocycles. The molecule has 0 saturated heterocycles. The molecule has 0 bridgehead atoms. The highest BCUT2D eigenvalue weighted by molar-refractivity contribution is 7.80. The lowest BCUT2D eigenvalue weighted by Crippen LogP contribution is -2.24. The van der Waals surface area contributed by atoms with Crippen molar-refractivity contribution in [2.45, 2.75) is 18.6 Å². The number of thiol groups is 1. The van der Waals surface area contributed by atoms with Crippen LogP contribution in [-0.2, 0) is 12.7 Å². The lowest BCUT2D eigenvalue weighted by atomic mass is 10.0. The first-order valence-electron chi connectivity index (χ1n) is 6.35. The van der Waals surface area contributed by atoms with Gasteiger partial charge >= 0.3 is 6.18 Å². The average molecular weight is 313 g/mol. The largest absolute Gasteiger partial charge is 0.417 e. The molecule has 112 valence electrons.